The Labute approximate surface area is 138 Å². The Morgan fingerprint density at radius 3 is 3.00 bits per heavy atom. The molecule has 0 radical (unpaired) electrons. The van der Waals surface area contributed by atoms with E-state index in [1.165, 1.54) is 0 Å². The van der Waals surface area contributed by atoms with E-state index >= 15 is 0 Å². The van der Waals surface area contributed by atoms with Gasteiger partial charge >= 0.3 is 0 Å². The Morgan fingerprint density at radius 1 is 1.30 bits per heavy atom. The molecule has 23 heavy (non-hydrogen) atoms. The number of carbonyl (C=O) groups excluding carboxylic acids is 1. The van der Waals surface area contributed by atoms with Crippen LogP contribution in [0.25, 0.3) is 0 Å². The van der Waals surface area contributed by atoms with E-state index in [1.807, 2.05) is 17.9 Å². The van der Waals surface area contributed by atoms with Crippen molar-refractivity contribution in [3.8, 4) is 0 Å². The summed E-state index contributed by atoms with van der Waals surface area (Å²) in [6.45, 7) is 8.15. The number of aryl methyl sites for hydroxylation is 1. The summed E-state index contributed by atoms with van der Waals surface area (Å²) in [6, 6.07) is 6.20. The van der Waals surface area contributed by atoms with E-state index in [1.54, 1.807) is 0 Å². The van der Waals surface area contributed by atoms with Crippen LogP contribution in [0.1, 0.15) is 24.2 Å². The van der Waals surface area contributed by atoms with Gasteiger partial charge in [0.15, 0.2) is 0 Å². The van der Waals surface area contributed by atoms with Crippen LogP contribution in [-0.2, 0) is 16.0 Å². The monoisotopic (exact) mass is 317 g/mol. The van der Waals surface area contributed by atoms with Gasteiger partial charge in [-0.3, -0.25) is 9.78 Å². The molecule has 0 aromatic carbocycles. The zero-order chi connectivity index (χ0) is 16.1. The van der Waals surface area contributed by atoms with Gasteiger partial charge in [0.1, 0.15) is 0 Å². The van der Waals surface area contributed by atoms with Crippen molar-refractivity contribution in [1.29, 1.82) is 0 Å². The number of rotatable bonds is 4. The maximum atomic E-state index is 12.5. The highest BCUT2D eigenvalue weighted by atomic mass is 16.5. The third-order valence-electron chi connectivity index (χ3n) is 4.81. The van der Waals surface area contributed by atoms with Crippen LogP contribution in [0.2, 0.25) is 0 Å². The number of hydrogen-bond acceptors (Lipinski definition) is 4. The highest BCUT2D eigenvalue weighted by Crippen LogP contribution is 2.17. The van der Waals surface area contributed by atoms with E-state index in [4.69, 9.17) is 4.74 Å². The van der Waals surface area contributed by atoms with Crippen LogP contribution >= 0.6 is 0 Å². The van der Waals surface area contributed by atoms with Gasteiger partial charge in [-0.2, -0.15) is 0 Å². The van der Waals surface area contributed by atoms with Crippen molar-refractivity contribution in [3.05, 3.63) is 29.6 Å². The Bertz CT molecular complexity index is 529. The molecule has 5 heteroatoms. The molecule has 1 amide bonds. The number of nitrogens with zero attached hydrogens (tertiary/aromatic N) is 3. The Hall–Kier alpha value is -1.46. The molecule has 0 spiro atoms. The Balaban J connectivity index is 1.47. The second kappa shape index (κ2) is 7.88. The molecule has 1 aromatic heterocycles. The van der Waals surface area contributed by atoms with Crippen LogP contribution in [0, 0.1) is 12.8 Å². The van der Waals surface area contributed by atoms with Crippen molar-refractivity contribution in [2.45, 2.75) is 26.2 Å². The summed E-state index contributed by atoms with van der Waals surface area (Å²) < 4.78 is 5.35. The fourth-order valence-corrected chi connectivity index (χ4v) is 3.41. The lowest BCUT2D eigenvalue weighted by Gasteiger charge is -2.24. The van der Waals surface area contributed by atoms with E-state index in [0.717, 1.165) is 70.0 Å². The Morgan fingerprint density at radius 2 is 2.22 bits per heavy atom. The van der Waals surface area contributed by atoms with Gasteiger partial charge in [-0.05, 0) is 38.4 Å². The first-order chi connectivity index (χ1) is 11.2. The average Bonchev–Trinajstić information content (AvgIpc) is 2.98. The zero-order valence-electron chi connectivity index (χ0n) is 14.0. The molecule has 0 N–H and O–H groups in total. The van der Waals surface area contributed by atoms with Crippen molar-refractivity contribution in [3.63, 3.8) is 0 Å². The van der Waals surface area contributed by atoms with Crippen LogP contribution in [0.4, 0.5) is 0 Å². The molecule has 3 heterocycles. The van der Waals surface area contributed by atoms with Crippen LogP contribution in [0.15, 0.2) is 18.2 Å². The molecule has 0 saturated carbocycles. The van der Waals surface area contributed by atoms with Gasteiger partial charge in [0.25, 0.3) is 0 Å². The lowest BCUT2D eigenvalue weighted by atomic mass is 10.1. The fourth-order valence-electron chi connectivity index (χ4n) is 3.41. The third kappa shape index (κ3) is 4.52. The minimum Gasteiger partial charge on any atom is -0.381 e. The SMILES string of the molecule is Cc1cccc(CCN2CCCN(C(=O)C3CCOC3)CC2)n1. The summed E-state index contributed by atoms with van der Waals surface area (Å²) in [6.07, 6.45) is 2.92. The second-order valence-corrected chi connectivity index (χ2v) is 6.60. The predicted octanol–water partition coefficient (Wildman–Crippen LogP) is 1.50. The minimum absolute atomic E-state index is 0.0954. The van der Waals surface area contributed by atoms with E-state index in [0.29, 0.717) is 12.5 Å². The number of aromatic nitrogens is 1. The minimum atomic E-state index is 0.0954. The first-order valence-electron chi connectivity index (χ1n) is 8.74. The van der Waals surface area contributed by atoms with Gasteiger partial charge in [-0.1, -0.05) is 6.07 Å². The lowest BCUT2D eigenvalue weighted by Crippen LogP contribution is -2.39. The lowest BCUT2D eigenvalue weighted by molar-refractivity contribution is -0.135. The molecule has 3 rings (SSSR count). The molecule has 2 saturated heterocycles. The number of carbonyl (C=O) groups is 1. The summed E-state index contributed by atoms with van der Waals surface area (Å²) in [5.41, 5.74) is 2.24. The quantitative estimate of drug-likeness (QED) is 0.844. The number of pyridine rings is 1. The van der Waals surface area contributed by atoms with E-state index in [2.05, 4.69) is 22.0 Å². The van der Waals surface area contributed by atoms with Gasteiger partial charge < -0.3 is 14.5 Å². The smallest absolute Gasteiger partial charge is 0.228 e. The zero-order valence-corrected chi connectivity index (χ0v) is 14.0. The summed E-state index contributed by atoms with van der Waals surface area (Å²) in [5.74, 6) is 0.391. The van der Waals surface area contributed by atoms with Crippen molar-refractivity contribution in [1.82, 2.24) is 14.8 Å². The maximum Gasteiger partial charge on any atom is 0.228 e. The largest absolute Gasteiger partial charge is 0.381 e. The molecule has 2 aliphatic rings. The van der Waals surface area contributed by atoms with Crippen LogP contribution in [0.3, 0.4) is 0 Å². The first-order valence-corrected chi connectivity index (χ1v) is 8.74. The fraction of sp³-hybridized carbons (Fsp3) is 0.667. The molecule has 2 fully saturated rings. The third-order valence-corrected chi connectivity index (χ3v) is 4.81. The van der Waals surface area contributed by atoms with Crippen molar-refractivity contribution >= 4 is 5.91 Å². The van der Waals surface area contributed by atoms with E-state index in [9.17, 15) is 4.79 Å². The molecule has 1 unspecified atom stereocenters. The van der Waals surface area contributed by atoms with Gasteiger partial charge in [-0.25, -0.2) is 0 Å². The molecule has 1 atom stereocenters. The summed E-state index contributed by atoms with van der Waals surface area (Å²) in [7, 11) is 0. The highest BCUT2D eigenvalue weighted by Gasteiger charge is 2.29. The van der Waals surface area contributed by atoms with Crippen molar-refractivity contribution in [2.75, 3.05) is 45.9 Å². The topological polar surface area (TPSA) is 45.7 Å². The van der Waals surface area contributed by atoms with Gasteiger partial charge in [0.05, 0.1) is 12.5 Å². The van der Waals surface area contributed by atoms with Gasteiger partial charge in [0, 0.05) is 50.6 Å². The maximum absolute atomic E-state index is 12.5. The van der Waals surface area contributed by atoms with Crippen molar-refractivity contribution < 1.29 is 9.53 Å². The molecule has 0 aliphatic carbocycles. The molecule has 2 aliphatic heterocycles. The Kier molecular flexibility index (Phi) is 5.62. The van der Waals surface area contributed by atoms with E-state index in [-0.39, 0.29) is 5.92 Å². The van der Waals surface area contributed by atoms with Crippen LogP contribution < -0.4 is 0 Å². The van der Waals surface area contributed by atoms with Crippen LogP contribution in [-0.4, -0.2) is 66.6 Å². The van der Waals surface area contributed by atoms with E-state index < -0.39 is 0 Å². The summed E-state index contributed by atoms with van der Waals surface area (Å²) in [4.78, 5) is 21.6. The van der Waals surface area contributed by atoms with Crippen LogP contribution in [0.5, 0.6) is 0 Å². The van der Waals surface area contributed by atoms with Gasteiger partial charge in [-0.15, -0.1) is 0 Å². The molecule has 126 valence electrons. The summed E-state index contributed by atoms with van der Waals surface area (Å²) in [5, 5.41) is 0. The predicted molar refractivity (Wildman–Crippen MR) is 89.2 cm³/mol. The first kappa shape index (κ1) is 16.4. The number of amides is 1. The number of ether oxygens (including phenoxy) is 1. The summed E-state index contributed by atoms with van der Waals surface area (Å²) >= 11 is 0. The van der Waals surface area contributed by atoms with Gasteiger partial charge in [0.2, 0.25) is 5.91 Å². The number of hydrogen-bond donors (Lipinski definition) is 0. The second-order valence-electron chi connectivity index (χ2n) is 6.60. The molecule has 1 aromatic rings. The molecule has 5 nitrogen and oxygen atoms in total. The normalized spacial score (nSPS) is 23.0. The standard InChI is InChI=1S/C18H27N3O2/c1-15-4-2-5-17(19-15)6-10-20-8-3-9-21(12-11-20)18(22)16-7-13-23-14-16/h2,4-5,16H,3,6-14H2,1H3. The van der Waals surface area contributed by atoms with Crippen molar-refractivity contribution in [2.24, 2.45) is 5.92 Å². The molecular formula is C18H27N3O2. The average molecular weight is 317 g/mol. The highest BCUT2D eigenvalue weighted by molar-refractivity contribution is 5.79. The molecular weight excluding hydrogens is 290 g/mol. The molecule has 0 bridgehead atoms.